The number of hydrogen-bond donors (Lipinski definition) is 3. The number of nitrogens with one attached hydrogen (secondary N) is 2. The van der Waals surface area contributed by atoms with Crippen molar-refractivity contribution in [2.45, 2.75) is 75.8 Å². The van der Waals surface area contributed by atoms with Gasteiger partial charge in [0.05, 0.1) is 24.1 Å². The molecule has 0 bridgehead atoms. The van der Waals surface area contributed by atoms with Gasteiger partial charge in [0.2, 0.25) is 11.8 Å². The molecule has 0 radical (unpaired) electrons. The summed E-state index contributed by atoms with van der Waals surface area (Å²) in [5.41, 5.74) is 0.228. The van der Waals surface area contributed by atoms with E-state index in [-0.39, 0.29) is 37.4 Å². The van der Waals surface area contributed by atoms with E-state index in [2.05, 4.69) is 23.8 Å². The second kappa shape index (κ2) is 15.1. The van der Waals surface area contributed by atoms with Gasteiger partial charge in [0.25, 0.3) is 0 Å². The molecule has 7 heteroatoms. The highest BCUT2D eigenvalue weighted by molar-refractivity contribution is 5.86. The summed E-state index contributed by atoms with van der Waals surface area (Å²) in [6.45, 7) is 7.32. The lowest BCUT2D eigenvalue weighted by Gasteiger charge is -2.29. The largest absolute Gasteiger partial charge is 0.463 e. The number of ether oxygens (including phenoxy) is 1. The van der Waals surface area contributed by atoms with E-state index in [1.165, 1.54) is 0 Å². The van der Waals surface area contributed by atoms with Crippen LogP contribution in [0.4, 0.5) is 0 Å². The average Bonchev–Trinajstić information content (AvgIpc) is 3.33. The van der Waals surface area contributed by atoms with Crippen molar-refractivity contribution in [1.82, 2.24) is 10.6 Å². The number of benzene rings is 1. The predicted molar refractivity (Wildman–Crippen MR) is 136 cm³/mol. The molecule has 1 aromatic rings. The normalized spacial score (nSPS) is 16.0. The zero-order valence-corrected chi connectivity index (χ0v) is 20.7. The lowest BCUT2D eigenvalue weighted by Crippen LogP contribution is -2.50. The third-order valence-electron chi connectivity index (χ3n) is 6.49. The van der Waals surface area contributed by atoms with Crippen molar-refractivity contribution in [3.63, 3.8) is 0 Å². The molecule has 0 heterocycles. The van der Waals surface area contributed by atoms with Crippen molar-refractivity contribution < 1.29 is 24.2 Å². The SMILES string of the molecule is C=CCCCCC(=O)OCC(NC(=O)C(CC=C)CC(=O)NC1(CO)CCCC1)c1ccccc1. The molecule has 0 spiro atoms. The smallest absolute Gasteiger partial charge is 0.305 e. The van der Waals surface area contributed by atoms with E-state index in [1.807, 2.05) is 36.4 Å². The molecule has 3 N–H and O–H groups in total. The number of rotatable bonds is 16. The van der Waals surface area contributed by atoms with E-state index >= 15 is 0 Å². The van der Waals surface area contributed by atoms with Gasteiger partial charge in [-0.3, -0.25) is 14.4 Å². The quantitative estimate of drug-likeness (QED) is 0.186. The van der Waals surface area contributed by atoms with E-state index in [1.54, 1.807) is 6.08 Å². The van der Waals surface area contributed by atoms with Gasteiger partial charge in [-0.1, -0.05) is 55.3 Å². The Morgan fingerprint density at radius 3 is 2.43 bits per heavy atom. The number of aliphatic hydroxyl groups excluding tert-OH is 1. The van der Waals surface area contributed by atoms with Crippen LogP contribution in [-0.2, 0) is 19.1 Å². The highest BCUT2D eigenvalue weighted by Gasteiger charge is 2.35. The second-order valence-electron chi connectivity index (χ2n) is 9.31. The predicted octanol–water partition coefficient (Wildman–Crippen LogP) is 4.14. The molecule has 35 heavy (non-hydrogen) atoms. The van der Waals surface area contributed by atoms with Crippen LogP contribution >= 0.6 is 0 Å². The first kappa shape index (κ1) is 28.3. The Labute approximate surface area is 209 Å². The minimum Gasteiger partial charge on any atom is -0.463 e. The van der Waals surface area contributed by atoms with E-state index < -0.39 is 17.5 Å². The lowest BCUT2D eigenvalue weighted by atomic mass is 9.95. The molecule has 2 rings (SSSR count). The molecule has 1 saturated carbocycles. The number of hydrogen-bond acceptors (Lipinski definition) is 5. The molecule has 2 unspecified atom stereocenters. The van der Waals surface area contributed by atoms with Crippen LogP contribution in [0.5, 0.6) is 0 Å². The molecule has 0 aromatic heterocycles. The van der Waals surface area contributed by atoms with E-state index in [4.69, 9.17) is 4.74 Å². The van der Waals surface area contributed by atoms with Crippen molar-refractivity contribution >= 4 is 17.8 Å². The van der Waals surface area contributed by atoms with Gasteiger partial charge >= 0.3 is 5.97 Å². The summed E-state index contributed by atoms with van der Waals surface area (Å²) >= 11 is 0. The molecule has 1 aromatic carbocycles. The third-order valence-corrected chi connectivity index (χ3v) is 6.49. The van der Waals surface area contributed by atoms with Crippen molar-refractivity contribution in [2.24, 2.45) is 5.92 Å². The van der Waals surface area contributed by atoms with E-state index in [0.29, 0.717) is 12.8 Å². The van der Waals surface area contributed by atoms with Crippen molar-refractivity contribution in [1.29, 1.82) is 0 Å². The number of aliphatic hydroxyl groups is 1. The summed E-state index contributed by atoms with van der Waals surface area (Å²) in [6, 6.07) is 8.78. The molecule has 1 aliphatic rings. The van der Waals surface area contributed by atoms with Crippen molar-refractivity contribution in [3.05, 3.63) is 61.2 Å². The molecule has 1 aliphatic carbocycles. The number of allylic oxidation sites excluding steroid dienone is 2. The fraction of sp³-hybridized carbons (Fsp3) is 0.536. The molecule has 2 amide bonds. The molecule has 192 valence electrons. The van der Waals surface area contributed by atoms with Gasteiger partial charge in [-0.05, 0) is 44.1 Å². The van der Waals surface area contributed by atoms with Gasteiger partial charge < -0.3 is 20.5 Å². The molecule has 0 aliphatic heterocycles. The van der Waals surface area contributed by atoms with Crippen LogP contribution in [0.2, 0.25) is 0 Å². The van der Waals surface area contributed by atoms with Gasteiger partial charge in [0, 0.05) is 12.8 Å². The molecule has 7 nitrogen and oxygen atoms in total. The van der Waals surface area contributed by atoms with Crippen LogP contribution in [-0.4, -0.2) is 41.6 Å². The Morgan fingerprint density at radius 1 is 1.09 bits per heavy atom. The maximum atomic E-state index is 13.2. The van der Waals surface area contributed by atoms with Gasteiger partial charge in [-0.25, -0.2) is 0 Å². The first-order valence-electron chi connectivity index (χ1n) is 12.6. The minimum atomic E-state index is -0.620. The number of esters is 1. The fourth-order valence-electron chi connectivity index (χ4n) is 4.43. The van der Waals surface area contributed by atoms with Crippen LogP contribution in [0.25, 0.3) is 0 Å². The van der Waals surface area contributed by atoms with Gasteiger partial charge in [0.1, 0.15) is 6.61 Å². The summed E-state index contributed by atoms with van der Waals surface area (Å²) in [5, 5.41) is 15.7. The molecule has 2 atom stereocenters. The Kier molecular flexibility index (Phi) is 12.2. The molecule has 1 fully saturated rings. The standard InChI is InChI=1S/C28H40N2O5/c1-3-5-6-10-16-26(33)35-20-24(22-14-8-7-9-15-22)29-27(34)23(13-4-2)19-25(32)30-28(21-31)17-11-12-18-28/h3-4,7-9,14-15,23-24,31H,1-2,5-6,10-13,16-21H2,(H,29,34)(H,30,32). The number of unbranched alkanes of at least 4 members (excludes halogenated alkanes) is 2. The second-order valence-corrected chi connectivity index (χ2v) is 9.31. The number of carbonyl (C=O) groups excluding carboxylic acids is 3. The number of carbonyl (C=O) groups is 3. The van der Waals surface area contributed by atoms with Crippen LogP contribution in [0.3, 0.4) is 0 Å². The lowest BCUT2D eigenvalue weighted by molar-refractivity contribution is -0.145. The average molecular weight is 485 g/mol. The highest BCUT2D eigenvalue weighted by atomic mass is 16.5. The first-order valence-corrected chi connectivity index (χ1v) is 12.6. The zero-order chi connectivity index (χ0) is 25.5. The Hall–Kier alpha value is -2.93. The molecular formula is C28H40N2O5. The third kappa shape index (κ3) is 9.68. The van der Waals surface area contributed by atoms with Crippen LogP contribution in [0.15, 0.2) is 55.6 Å². The molecule has 0 saturated heterocycles. The minimum absolute atomic E-state index is 0.00972. The van der Waals surface area contributed by atoms with Crippen LogP contribution in [0.1, 0.15) is 75.8 Å². The number of amides is 2. The first-order chi connectivity index (χ1) is 16.9. The van der Waals surface area contributed by atoms with E-state index in [9.17, 15) is 19.5 Å². The highest BCUT2D eigenvalue weighted by Crippen LogP contribution is 2.29. The topological polar surface area (TPSA) is 105 Å². The zero-order valence-electron chi connectivity index (χ0n) is 20.7. The Balaban J connectivity index is 2.00. The summed E-state index contributed by atoms with van der Waals surface area (Å²) in [5.74, 6) is -1.49. The summed E-state index contributed by atoms with van der Waals surface area (Å²) in [6.07, 6.45) is 9.93. The summed E-state index contributed by atoms with van der Waals surface area (Å²) in [4.78, 5) is 38.1. The van der Waals surface area contributed by atoms with Gasteiger partial charge in [-0.15, -0.1) is 13.2 Å². The van der Waals surface area contributed by atoms with Gasteiger partial charge in [0.15, 0.2) is 0 Å². The summed E-state index contributed by atoms with van der Waals surface area (Å²) < 4.78 is 5.47. The van der Waals surface area contributed by atoms with Crippen LogP contribution < -0.4 is 10.6 Å². The van der Waals surface area contributed by atoms with Crippen LogP contribution in [0, 0.1) is 5.92 Å². The van der Waals surface area contributed by atoms with E-state index in [0.717, 1.165) is 50.5 Å². The fourth-order valence-corrected chi connectivity index (χ4v) is 4.43. The summed E-state index contributed by atoms with van der Waals surface area (Å²) in [7, 11) is 0. The monoisotopic (exact) mass is 484 g/mol. The Morgan fingerprint density at radius 2 is 1.80 bits per heavy atom. The maximum Gasteiger partial charge on any atom is 0.305 e. The Bertz CT molecular complexity index is 833. The van der Waals surface area contributed by atoms with Crippen molar-refractivity contribution in [2.75, 3.05) is 13.2 Å². The van der Waals surface area contributed by atoms with Gasteiger partial charge in [-0.2, -0.15) is 0 Å². The molecular weight excluding hydrogens is 444 g/mol. The van der Waals surface area contributed by atoms with Crippen molar-refractivity contribution in [3.8, 4) is 0 Å². The maximum absolute atomic E-state index is 13.2.